The number of rotatable bonds is 34. The van der Waals surface area contributed by atoms with E-state index in [1.807, 2.05) is 0 Å². The zero-order valence-electron chi connectivity index (χ0n) is 28.3. The minimum atomic E-state index is -0.599. The number of carbonyl (C=O) groups excluding carboxylic acids is 1. The van der Waals surface area contributed by atoms with Gasteiger partial charge in [0.2, 0.25) is 0 Å². The second-order valence-corrected chi connectivity index (χ2v) is 13.1. The van der Waals surface area contributed by atoms with Gasteiger partial charge in [0, 0.05) is 13.0 Å². The van der Waals surface area contributed by atoms with Crippen LogP contribution in [0, 0.1) is 0 Å². The van der Waals surface area contributed by atoms with E-state index < -0.39 is 6.10 Å². The third-order valence-corrected chi connectivity index (χ3v) is 8.90. The first-order valence-electron chi connectivity index (χ1n) is 18.5. The van der Waals surface area contributed by atoms with E-state index in [0.717, 1.165) is 25.7 Å². The smallest absolute Gasteiger partial charge is 0.306 e. The highest BCUT2D eigenvalue weighted by Gasteiger charge is 2.21. The predicted octanol–water partition coefficient (Wildman–Crippen LogP) is 11.6. The fraction of sp³-hybridized carbons (Fsp3) is 0.919. The Hall–Kier alpha value is -0.440. The topological polar surface area (TPSA) is 55.8 Å². The van der Waals surface area contributed by atoms with Crippen LogP contribution >= 0.6 is 9.24 Å². The van der Waals surface area contributed by atoms with Crippen molar-refractivity contribution < 1.29 is 19.4 Å². The van der Waals surface area contributed by atoms with Crippen LogP contribution in [0.15, 0.2) is 12.2 Å². The predicted molar refractivity (Wildman–Crippen MR) is 186 cm³/mol. The molecule has 0 fully saturated rings. The summed E-state index contributed by atoms with van der Waals surface area (Å²) < 4.78 is 11.4. The zero-order chi connectivity index (χ0) is 30.8. The van der Waals surface area contributed by atoms with Crippen LogP contribution in [0.1, 0.15) is 194 Å². The molecule has 0 saturated carbocycles. The highest BCUT2D eigenvalue weighted by Crippen LogP contribution is 2.17. The number of hydrogen-bond acceptors (Lipinski definition) is 4. The second kappa shape index (κ2) is 35.0. The maximum atomic E-state index is 12.2. The van der Waals surface area contributed by atoms with Gasteiger partial charge in [0.05, 0.1) is 6.61 Å². The molecule has 0 bridgehead atoms. The summed E-state index contributed by atoms with van der Waals surface area (Å²) in [6.45, 7) is 4.98. The Balaban J connectivity index is 3.55. The summed E-state index contributed by atoms with van der Waals surface area (Å²) in [6.07, 6.45) is 39.3. The molecule has 3 atom stereocenters. The minimum Gasteiger partial charge on any atom is -0.457 e. The van der Waals surface area contributed by atoms with Gasteiger partial charge in [0.1, 0.15) is 5.85 Å². The maximum absolute atomic E-state index is 12.2. The summed E-state index contributed by atoms with van der Waals surface area (Å²) in [4.78, 5) is 12.2. The van der Waals surface area contributed by atoms with Crippen LogP contribution in [0.2, 0.25) is 0 Å². The molecule has 0 rings (SSSR count). The van der Waals surface area contributed by atoms with E-state index in [1.165, 1.54) is 148 Å². The Morgan fingerprint density at radius 3 is 1.40 bits per heavy atom. The first kappa shape index (κ1) is 41.6. The monoisotopic (exact) mass is 613 g/mol. The summed E-state index contributed by atoms with van der Waals surface area (Å²) in [7, 11) is 2.59. The van der Waals surface area contributed by atoms with Crippen LogP contribution in [0.25, 0.3) is 0 Å². The largest absolute Gasteiger partial charge is 0.457 e. The summed E-state index contributed by atoms with van der Waals surface area (Å²) in [5, 5.41) is 9.70. The van der Waals surface area contributed by atoms with Gasteiger partial charge in [-0.1, -0.05) is 161 Å². The molecule has 0 heterocycles. The van der Waals surface area contributed by atoms with Gasteiger partial charge in [-0.2, -0.15) is 0 Å². The number of ether oxygens (including phenoxy) is 2. The maximum Gasteiger partial charge on any atom is 0.306 e. The molecule has 250 valence electrons. The van der Waals surface area contributed by atoms with E-state index in [0.29, 0.717) is 13.0 Å². The van der Waals surface area contributed by atoms with Gasteiger partial charge in [-0.3, -0.25) is 4.79 Å². The molecule has 1 N–H and O–H groups in total. The van der Waals surface area contributed by atoms with Crippen molar-refractivity contribution in [2.75, 3.05) is 13.2 Å². The molecule has 0 spiro atoms. The molecule has 0 aromatic rings. The molecule has 5 heteroatoms. The van der Waals surface area contributed by atoms with E-state index in [1.54, 1.807) is 0 Å². The standard InChI is InChI=1S/C37H73O4P/c1-3-5-7-9-11-13-15-17-18-19-21-23-25-27-29-31-33-40-37(42)35(34-38)41-36(39)32-30-28-26-24-22-20-16-14-12-10-8-6-4-2/h17-18,35,37-38H,3-16,19-34,42H2,1-2H3. The molecule has 0 saturated heterocycles. The van der Waals surface area contributed by atoms with Crippen LogP contribution in [0.4, 0.5) is 0 Å². The van der Waals surface area contributed by atoms with Crippen molar-refractivity contribution in [1.82, 2.24) is 0 Å². The van der Waals surface area contributed by atoms with Crippen LogP contribution < -0.4 is 0 Å². The van der Waals surface area contributed by atoms with E-state index in [9.17, 15) is 9.90 Å². The zero-order valence-corrected chi connectivity index (χ0v) is 29.4. The van der Waals surface area contributed by atoms with Crippen LogP contribution in [-0.2, 0) is 14.3 Å². The number of carbonyl (C=O) groups is 1. The Bertz CT molecular complexity index is 568. The molecular formula is C37H73O4P. The summed E-state index contributed by atoms with van der Waals surface area (Å²) in [5.41, 5.74) is 0. The fourth-order valence-corrected chi connectivity index (χ4v) is 5.74. The lowest BCUT2D eigenvalue weighted by Crippen LogP contribution is -2.32. The lowest BCUT2D eigenvalue weighted by molar-refractivity contribution is -0.156. The molecule has 0 aliphatic heterocycles. The Kier molecular flexibility index (Phi) is 34.7. The normalized spacial score (nSPS) is 13.1. The lowest BCUT2D eigenvalue weighted by atomic mass is 10.0. The van der Waals surface area contributed by atoms with Crippen molar-refractivity contribution in [1.29, 1.82) is 0 Å². The molecule has 42 heavy (non-hydrogen) atoms. The summed E-state index contributed by atoms with van der Waals surface area (Å²) >= 11 is 0. The van der Waals surface area contributed by atoms with Gasteiger partial charge in [0.15, 0.2) is 6.10 Å². The molecular weight excluding hydrogens is 539 g/mol. The van der Waals surface area contributed by atoms with Gasteiger partial charge >= 0.3 is 5.97 Å². The number of unbranched alkanes of at least 4 members (excludes halogenated alkanes) is 24. The molecule has 0 amide bonds. The molecule has 3 unspecified atom stereocenters. The summed E-state index contributed by atoms with van der Waals surface area (Å²) in [6, 6.07) is 0. The molecule has 0 aromatic heterocycles. The Labute approximate surface area is 265 Å². The van der Waals surface area contributed by atoms with Crippen molar-refractivity contribution in [3.8, 4) is 0 Å². The third-order valence-electron chi connectivity index (χ3n) is 8.28. The minimum absolute atomic E-state index is 0.202. The Morgan fingerprint density at radius 1 is 0.595 bits per heavy atom. The fourth-order valence-electron chi connectivity index (χ4n) is 5.40. The highest BCUT2D eigenvalue weighted by molar-refractivity contribution is 7.17. The number of allylic oxidation sites excluding steroid dienone is 2. The van der Waals surface area contributed by atoms with Crippen LogP contribution in [-0.4, -0.2) is 36.2 Å². The van der Waals surface area contributed by atoms with Crippen LogP contribution in [0.5, 0.6) is 0 Å². The average molecular weight is 613 g/mol. The third kappa shape index (κ3) is 31.0. The number of hydrogen-bond donors (Lipinski definition) is 1. The molecule has 4 nitrogen and oxygen atoms in total. The van der Waals surface area contributed by atoms with Gasteiger partial charge < -0.3 is 14.6 Å². The highest BCUT2D eigenvalue weighted by atomic mass is 31.0. The Morgan fingerprint density at radius 2 is 0.976 bits per heavy atom. The van der Waals surface area contributed by atoms with Gasteiger partial charge in [-0.25, -0.2) is 0 Å². The van der Waals surface area contributed by atoms with Crippen molar-refractivity contribution in [2.24, 2.45) is 0 Å². The van der Waals surface area contributed by atoms with Crippen molar-refractivity contribution in [2.45, 2.75) is 206 Å². The average Bonchev–Trinajstić information content (AvgIpc) is 2.99. The number of aliphatic hydroxyl groups is 1. The van der Waals surface area contributed by atoms with E-state index in [-0.39, 0.29) is 18.4 Å². The van der Waals surface area contributed by atoms with Gasteiger partial charge in [-0.15, -0.1) is 9.24 Å². The number of aliphatic hydroxyl groups excluding tert-OH is 1. The molecule has 0 aliphatic rings. The number of esters is 1. The van der Waals surface area contributed by atoms with Crippen molar-refractivity contribution >= 4 is 15.2 Å². The first-order chi connectivity index (χ1) is 20.7. The lowest BCUT2D eigenvalue weighted by Gasteiger charge is -2.22. The molecule has 0 aliphatic carbocycles. The van der Waals surface area contributed by atoms with E-state index >= 15 is 0 Å². The molecule has 0 aromatic carbocycles. The second-order valence-electron chi connectivity index (χ2n) is 12.5. The summed E-state index contributed by atoms with van der Waals surface area (Å²) in [5.74, 6) is -0.570. The van der Waals surface area contributed by atoms with E-state index in [4.69, 9.17) is 9.47 Å². The van der Waals surface area contributed by atoms with Gasteiger partial charge in [-0.05, 0) is 38.5 Å². The quantitative estimate of drug-likeness (QED) is 0.0340. The van der Waals surface area contributed by atoms with Gasteiger partial charge in [0.25, 0.3) is 0 Å². The van der Waals surface area contributed by atoms with Crippen molar-refractivity contribution in [3.63, 3.8) is 0 Å². The van der Waals surface area contributed by atoms with E-state index in [2.05, 4.69) is 35.2 Å². The first-order valence-corrected chi connectivity index (χ1v) is 19.1. The SMILES string of the molecule is CCCCCCCCC=CCCCCCCCCOC(P)C(CO)OC(=O)CCCCCCCCCCCCCCC. The molecule has 0 radical (unpaired) electrons. The van der Waals surface area contributed by atoms with Crippen LogP contribution in [0.3, 0.4) is 0 Å². The van der Waals surface area contributed by atoms with Crippen molar-refractivity contribution in [3.05, 3.63) is 12.2 Å².